The molecule has 2 atom stereocenters. The van der Waals surface area contributed by atoms with E-state index in [-0.39, 0.29) is 0 Å². The molecule has 0 unspecified atom stereocenters. The van der Waals surface area contributed by atoms with Crippen LogP contribution in [0.2, 0.25) is 10.0 Å². The molecule has 0 radical (unpaired) electrons. The molecule has 0 bridgehead atoms. The first-order valence-electron chi connectivity index (χ1n) is 6.84. The first-order chi connectivity index (χ1) is 9.06. The molecule has 19 heavy (non-hydrogen) atoms. The van der Waals surface area contributed by atoms with Gasteiger partial charge in [-0.05, 0) is 30.5 Å². The lowest BCUT2D eigenvalue weighted by atomic mass is 9.89. The van der Waals surface area contributed by atoms with E-state index in [0.717, 1.165) is 26.1 Å². The second-order valence-corrected chi connectivity index (χ2v) is 6.32. The van der Waals surface area contributed by atoms with Gasteiger partial charge in [-0.3, -0.25) is 0 Å². The number of benzene rings is 1. The molecule has 4 heteroatoms. The van der Waals surface area contributed by atoms with Crippen molar-refractivity contribution in [2.24, 2.45) is 5.92 Å². The molecular weight excluding hydrogens is 281 g/mol. The predicted molar refractivity (Wildman–Crippen MR) is 81.2 cm³/mol. The zero-order valence-corrected chi connectivity index (χ0v) is 13.0. The first kappa shape index (κ1) is 15.1. The number of ether oxygens (including phenoxy) is 1. The highest BCUT2D eigenvalue weighted by molar-refractivity contribution is 6.42. The van der Waals surface area contributed by atoms with Crippen LogP contribution in [0.15, 0.2) is 18.2 Å². The van der Waals surface area contributed by atoms with E-state index in [1.165, 1.54) is 5.56 Å². The number of nitrogens with one attached hydrogen (secondary N) is 1. The van der Waals surface area contributed by atoms with Gasteiger partial charge in [0.15, 0.2) is 0 Å². The summed E-state index contributed by atoms with van der Waals surface area (Å²) in [6.45, 7) is 6.03. The van der Waals surface area contributed by atoms with Gasteiger partial charge < -0.3 is 10.1 Å². The third-order valence-corrected chi connectivity index (χ3v) is 4.24. The smallest absolute Gasteiger partial charge is 0.0595 e. The third-order valence-electron chi connectivity index (χ3n) is 3.50. The summed E-state index contributed by atoms with van der Waals surface area (Å²) in [7, 11) is 0. The maximum atomic E-state index is 6.07. The summed E-state index contributed by atoms with van der Waals surface area (Å²) in [6, 6.07) is 6.90. The Kier molecular flexibility index (Phi) is 5.52. The maximum absolute atomic E-state index is 6.07. The van der Waals surface area contributed by atoms with Crippen LogP contribution < -0.4 is 5.32 Å². The van der Waals surface area contributed by atoms with Crippen molar-refractivity contribution in [3.63, 3.8) is 0 Å². The lowest BCUT2D eigenvalue weighted by Crippen LogP contribution is -2.46. The third kappa shape index (κ3) is 4.35. The molecular formula is C15H21Cl2NO. The second-order valence-electron chi connectivity index (χ2n) is 5.50. The van der Waals surface area contributed by atoms with Crippen LogP contribution in [0, 0.1) is 5.92 Å². The fourth-order valence-corrected chi connectivity index (χ4v) is 2.94. The van der Waals surface area contributed by atoms with Crippen molar-refractivity contribution in [3.8, 4) is 0 Å². The fourth-order valence-electron chi connectivity index (χ4n) is 2.61. The highest BCUT2D eigenvalue weighted by Gasteiger charge is 2.26. The standard InChI is InChI=1S/C15H21Cl2NO/c1-10(2)18-15-5-6-19-9-12(15)7-11-3-4-13(16)14(17)8-11/h3-4,8,10,12,15,18H,5-7,9H2,1-2H3/t12-,15-/m0/s1. The molecule has 0 amide bonds. The Morgan fingerprint density at radius 1 is 1.32 bits per heavy atom. The Morgan fingerprint density at radius 3 is 2.79 bits per heavy atom. The van der Waals surface area contributed by atoms with Crippen molar-refractivity contribution in [2.75, 3.05) is 13.2 Å². The van der Waals surface area contributed by atoms with Gasteiger partial charge in [-0.2, -0.15) is 0 Å². The first-order valence-corrected chi connectivity index (χ1v) is 7.59. The summed E-state index contributed by atoms with van der Waals surface area (Å²) in [5.74, 6) is 0.494. The zero-order valence-electron chi connectivity index (χ0n) is 11.5. The average Bonchev–Trinajstić information content (AvgIpc) is 2.36. The van der Waals surface area contributed by atoms with Crippen molar-refractivity contribution in [2.45, 2.75) is 38.8 Å². The minimum Gasteiger partial charge on any atom is -0.381 e. The highest BCUT2D eigenvalue weighted by Crippen LogP contribution is 2.26. The topological polar surface area (TPSA) is 21.3 Å². The Hall–Kier alpha value is -0.280. The van der Waals surface area contributed by atoms with Crippen LogP contribution in [0.25, 0.3) is 0 Å². The summed E-state index contributed by atoms with van der Waals surface area (Å²) in [5, 5.41) is 4.88. The molecule has 1 aliphatic heterocycles. The lowest BCUT2D eigenvalue weighted by Gasteiger charge is -2.34. The van der Waals surface area contributed by atoms with Crippen molar-refractivity contribution < 1.29 is 4.74 Å². The molecule has 2 rings (SSSR count). The largest absolute Gasteiger partial charge is 0.381 e. The van der Waals surface area contributed by atoms with Crippen molar-refractivity contribution >= 4 is 23.2 Å². The maximum Gasteiger partial charge on any atom is 0.0595 e. The quantitative estimate of drug-likeness (QED) is 0.909. The summed E-state index contributed by atoms with van der Waals surface area (Å²) in [4.78, 5) is 0. The van der Waals surface area contributed by atoms with Gasteiger partial charge in [0.25, 0.3) is 0 Å². The molecule has 1 aromatic rings. The summed E-state index contributed by atoms with van der Waals surface area (Å²) >= 11 is 12.0. The van der Waals surface area contributed by atoms with E-state index >= 15 is 0 Å². The Morgan fingerprint density at radius 2 is 2.11 bits per heavy atom. The molecule has 1 saturated heterocycles. The number of halogens is 2. The van der Waals surface area contributed by atoms with E-state index < -0.39 is 0 Å². The summed E-state index contributed by atoms with van der Waals surface area (Å²) < 4.78 is 5.62. The number of hydrogen-bond donors (Lipinski definition) is 1. The van der Waals surface area contributed by atoms with E-state index in [1.54, 1.807) is 0 Å². The minimum atomic E-state index is 0.494. The predicted octanol–water partition coefficient (Wildman–Crippen LogP) is 3.94. The van der Waals surface area contributed by atoms with E-state index in [4.69, 9.17) is 27.9 Å². The van der Waals surface area contributed by atoms with Crippen molar-refractivity contribution in [3.05, 3.63) is 33.8 Å². The minimum absolute atomic E-state index is 0.494. The van der Waals surface area contributed by atoms with Gasteiger partial charge in [-0.15, -0.1) is 0 Å². The van der Waals surface area contributed by atoms with Crippen LogP contribution in [-0.2, 0) is 11.2 Å². The van der Waals surface area contributed by atoms with Crippen LogP contribution in [0.3, 0.4) is 0 Å². The molecule has 1 heterocycles. The number of hydrogen-bond acceptors (Lipinski definition) is 2. The van der Waals surface area contributed by atoms with Gasteiger partial charge in [0.1, 0.15) is 0 Å². The van der Waals surface area contributed by atoms with Crippen molar-refractivity contribution in [1.82, 2.24) is 5.32 Å². The zero-order chi connectivity index (χ0) is 13.8. The van der Waals surface area contributed by atoms with Gasteiger partial charge in [0.2, 0.25) is 0 Å². The Balaban J connectivity index is 2.04. The Bertz CT molecular complexity index is 423. The molecule has 1 fully saturated rings. The van der Waals surface area contributed by atoms with Gasteiger partial charge in [-0.1, -0.05) is 43.1 Å². The van der Waals surface area contributed by atoms with Gasteiger partial charge in [-0.25, -0.2) is 0 Å². The van der Waals surface area contributed by atoms with Crippen LogP contribution in [0.1, 0.15) is 25.8 Å². The Labute approximate surface area is 125 Å². The lowest BCUT2D eigenvalue weighted by molar-refractivity contribution is 0.0300. The monoisotopic (exact) mass is 301 g/mol. The molecule has 1 N–H and O–H groups in total. The van der Waals surface area contributed by atoms with E-state index in [2.05, 4.69) is 25.2 Å². The SMILES string of the molecule is CC(C)N[C@H]1CCOC[C@@H]1Cc1ccc(Cl)c(Cl)c1. The molecule has 2 nitrogen and oxygen atoms in total. The second kappa shape index (κ2) is 6.94. The highest BCUT2D eigenvalue weighted by atomic mass is 35.5. The molecule has 0 saturated carbocycles. The summed E-state index contributed by atoms with van der Waals surface area (Å²) in [5.41, 5.74) is 1.22. The van der Waals surface area contributed by atoms with E-state index in [1.807, 2.05) is 12.1 Å². The molecule has 1 aliphatic rings. The van der Waals surface area contributed by atoms with Crippen molar-refractivity contribution in [1.29, 1.82) is 0 Å². The molecule has 0 spiro atoms. The molecule has 0 aliphatic carbocycles. The molecule has 106 valence electrons. The number of rotatable bonds is 4. The normalized spacial score (nSPS) is 23.8. The molecule has 0 aromatic heterocycles. The van der Waals surface area contributed by atoms with Gasteiger partial charge in [0.05, 0.1) is 16.7 Å². The van der Waals surface area contributed by atoms with Crippen LogP contribution >= 0.6 is 23.2 Å². The van der Waals surface area contributed by atoms with E-state index in [9.17, 15) is 0 Å². The molecule has 1 aromatic carbocycles. The van der Waals surface area contributed by atoms with E-state index in [0.29, 0.717) is 28.0 Å². The average molecular weight is 302 g/mol. The van der Waals surface area contributed by atoms with Crippen LogP contribution in [-0.4, -0.2) is 25.3 Å². The van der Waals surface area contributed by atoms with Gasteiger partial charge in [0, 0.05) is 24.6 Å². The van der Waals surface area contributed by atoms with Crippen LogP contribution in [0.4, 0.5) is 0 Å². The van der Waals surface area contributed by atoms with Crippen LogP contribution in [0.5, 0.6) is 0 Å². The summed E-state index contributed by atoms with van der Waals surface area (Å²) in [6.07, 6.45) is 2.05. The van der Waals surface area contributed by atoms with Gasteiger partial charge >= 0.3 is 0 Å². The fraction of sp³-hybridized carbons (Fsp3) is 0.600.